The van der Waals surface area contributed by atoms with Gasteiger partial charge in [-0.3, -0.25) is 10.1 Å². The fraction of sp³-hybridized carbons (Fsp3) is 0. The third-order valence-corrected chi connectivity index (χ3v) is 11.0. The monoisotopic (exact) mass is 858 g/mol. The standard InChI is InChI=1S/C52H32N8O2.Ni/c61-60(62)38-23-13-22-37(30-38)46-32-59(58-57-46)47-31-45-50(35-18-9-3-10-19-35)43-27-26-41(54-43)48(33-14-5-1-6-15-33)39-24-25-40(53-39)49(34-16-7-2-8-17-34)42-28-29-44(55-42)51(52(47)56-45)36-20-11-4-12-21-36;/h1-32H;/q-2;+2. The molecule has 0 aliphatic carbocycles. The summed E-state index contributed by atoms with van der Waals surface area (Å²) in [4.78, 5) is 33.0. The van der Waals surface area contributed by atoms with Crippen molar-refractivity contribution in [3.05, 3.63) is 209 Å². The van der Waals surface area contributed by atoms with Crippen molar-refractivity contribution in [3.63, 3.8) is 0 Å². The molecule has 9 aromatic rings. The van der Waals surface area contributed by atoms with Crippen molar-refractivity contribution in [2.24, 2.45) is 0 Å². The Bertz CT molecular complexity index is 3430. The van der Waals surface area contributed by atoms with Gasteiger partial charge >= 0.3 is 16.5 Å². The molecule has 10 nitrogen and oxygen atoms in total. The Morgan fingerprint density at radius 3 is 1.43 bits per heavy atom. The Morgan fingerprint density at radius 1 is 0.492 bits per heavy atom. The third kappa shape index (κ3) is 7.16. The normalized spacial score (nSPS) is 11.8. The number of hydrogen-bond acceptors (Lipinski definition) is 6. The van der Waals surface area contributed by atoms with Crippen LogP contribution in [-0.4, -0.2) is 29.9 Å². The molecule has 6 heterocycles. The van der Waals surface area contributed by atoms with Crippen LogP contribution in [0.25, 0.3) is 102 Å². The molecule has 0 unspecified atom stereocenters. The average Bonchev–Trinajstić information content (AvgIpc) is 4.19. The number of non-ortho nitro benzene ring substituents is 1. The van der Waals surface area contributed by atoms with E-state index in [0.717, 1.165) is 72.4 Å². The minimum Gasteiger partial charge on any atom is -0.657 e. The van der Waals surface area contributed by atoms with Crippen molar-refractivity contribution in [2.75, 3.05) is 0 Å². The maximum absolute atomic E-state index is 11.7. The maximum atomic E-state index is 11.7. The van der Waals surface area contributed by atoms with Crippen molar-refractivity contribution < 1.29 is 21.4 Å². The van der Waals surface area contributed by atoms with Crippen LogP contribution in [-0.2, 0) is 16.5 Å². The number of nitro groups is 1. The van der Waals surface area contributed by atoms with E-state index < -0.39 is 4.92 Å². The van der Waals surface area contributed by atoms with Crippen molar-refractivity contribution >= 4 is 51.7 Å². The minimum absolute atomic E-state index is 0. The van der Waals surface area contributed by atoms with Crippen molar-refractivity contribution in [3.8, 4) is 55.8 Å². The Labute approximate surface area is 371 Å². The summed E-state index contributed by atoms with van der Waals surface area (Å²) in [6.07, 6.45) is 7.92. The number of aromatic nitrogens is 7. The van der Waals surface area contributed by atoms with E-state index in [2.05, 4.69) is 77.1 Å². The van der Waals surface area contributed by atoms with E-state index in [1.165, 1.54) is 12.1 Å². The zero-order valence-electron chi connectivity index (χ0n) is 33.2. The van der Waals surface area contributed by atoms with Crippen LogP contribution in [0, 0.1) is 10.1 Å². The molecule has 0 saturated heterocycles. The summed E-state index contributed by atoms with van der Waals surface area (Å²) in [5.41, 5.74) is 14.7. The number of fused-ring (bicyclic) bond motifs is 8. The Morgan fingerprint density at radius 2 is 0.937 bits per heavy atom. The topological polar surface area (TPSA) is 128 Å². The van der Waals surface area contributed by atoms with Crippen molar-refractivity contribution in [1.82, 2.24) is 34.9 Å². The predicted molar refractivity (Wildman–Crippen MR) is 245 cm³/mol. The maximum Gasteiger partial charge on any atom is 2.00 e. The molecule has 2 aliphatic rings. The molecule has 11 rings (SSSR count). The number of nitrogens with zero attached hydrogens (tertiary/aromatic N) is 8. The Balaban J connectivity index is 0.00000471. The average molecular weight is 860 g/mol. The van der Waals surface area contributed by atoms with Crippen LogP contribution in [0.5, 0.6) is 0 Å². The van der Waals surface area contributed by atoms with Gasteiger partial charge in [0.2, 0.25) is 0 Å². The summed E-state index contributed by atoms with van der Waals surface area (Å²) in [5, 5.41) is 20.9. The molecule has 0 N–H and O–H groups in total. The smallest absolute Gasteiger partial charge is 0.657 e. The summed E-state index contributed by atoms with van der Waals surface area (Å²) in [6, 6.07) is 55.2. The van der Waals surface area contributed by atoms with Gasteiger partial charge in [0.05, 0.1) is 39.6 Å². The molecule has 2 aliphatic heterocycles. The second kappa shape index (κ2) is 16.3. The van der Waals surface area contributed by atoms with Crippen LogP contribution in [0.3, 0.4) is 0 Å². The Hall–Kier alpha value is -8.27. The van der Waals surface area contributed by atoms with Crippen LogP contribution in [0.1, 0.15) is 22.8 Å². The fourth-order valence-electron chi connectivity index (χ4n) is 8.22. The van der Waals surface area contributed by atoms with E-state index >= 15 is 0 Å². The van der Waals surface area contributed by atoms with Crippen LogP contribution < -0.4 is 9.97 Å². The SMILES string of the molecule is O=[N+]([O-])c1cccc(-c2cn(C3=Cc4nc3c(-c3ccccc3)c3ccc([n-]3)c(-c3ccccc3)c3nc(c(-c5ccccc5)c5ccc([n-]5)c4-c4ccccc4)C=C3)nn2)c1.[Ni+2]. The van der Waals surface area contributed by atoms with Crippen LogP contribution in [0.2, 0.25) is 0 Å². The molecular formula is C52H32N8NiO2. The van der Waals surface area contributed by atoms with Gasteiger partial charge in [0.25, 0.3) is 5.69 Å². The molecule has 11 heteroatoms. The molecule has 0 amide bonds. The molecule has 5 aromatic carbocycles. The quantitative estimate of drug-likeness (QED) is 0.0880. The van der Waals surface area contributed by atoms with Crippen LogP contribution in [0.4, 0.5) is 5.69 Å². The molecule has 0 fully saturated rings. The van der Waals surface area contributed by atoms with Gasteiger partial charge in [0.15, 0.2) is 0 Å². The zero-order chi connectivity index (χ0) is 41.6. The van der Waals surface area contributed by atoms with Gasteiger partial charge in [-0.25, -0.2) is 14.6 Å². The van der Waals surface area contributed by atoms with Gasteiger partial charge in [-0.1, -0.05) is 163 Å². The molecule has 8 bridgehead atoms. The number of benzene rings is 5. The van der Waals surface area contributed by atoms with Crippen molar-refractivity contribution in [1.29, 1.82) is 0 Å². The molecular weight excluding hydrogens is 827 g/mol. The van der Waals surface area contributed by atoms with E-state index in [1.807, 2.05) is 97.1 Å². The van der Waals surface area contributed by atoms with Crippen LogP contribution >= 0.6 is 0 Å². The van der Waals surface area contributed by atoms with Crippen molar-refractivity contribution in [2.45, 2.75) is 0 Å². The van der Waals surface area contributed by atoms with Gasteiger partial charge in [-0.2, -0.15) is 0 Å². The summed E-state index contributed by atoms with van der Waals surface area (Å²) < 4.78 is 1.69. The van der Waals surface area contributed by atoms with E-state index in [9.17, 15) is 10.1 Å². The second-order valence-corrected chi connectivity index (χ2v) is 14.8. The summed E-state index contributed by atoms with van der Waals surface area (Å²) in [5.74, 6) is 0. The third-order valence-electron chi connectivity index (χ3n) is 11.0. The largest absolute Gasteiger partial charge is 2.00 e. The summed E-state index contributed by atoms with van der Waals surface area (Å²) in [6.45, 7) is 0. The second-order valence-electron chi connectivity index (χ2n) is 14.8. The number of rotatable bonds is 7. The first-order valence-corrected chi connectivity index (χ1v) is 20.0. The van der Waals surface area contributed by atoms with Gasteiger partial charge < -0.3 is 9.97 Å². The first-order valence-electron chi connectivity index (χ1n) is 20.0. The van der Waals surface area contributed by atoms with E-state index in [1.54, 1.807) is 23.0 Å². The molecule has 0 atom stereocenters. The van der Waals surface area contributed by atoms with Gasteiger partial charge in [-0.05, 0) is 62.7 Å². The fourth-order valence-corrected chi connectivity index (χ4v) is 8.22. The molecule has 0 saturated carbocycles. The van der Waals surface area contributed by atoms with Gasteiger partial charge in [0.1, 0.15) is 5.69 Å². The number of nitro benzene ring substituents is 1. The minimum atomic E-state index is -0.416. The summed E-state index contributed by atoms with van der Waals surface area (Å²) in [7, 11) is 0. The molecule has 63 heavy (non-hydrogen) atoms. The van der Waals surface area contributed by atoms with Crippen LogP contribution in [0.15, 0.2) is 176 Å². The first kappa shape index (κ1) is 38.9. The van der Waals surface area contributed by atoms with Gasteiger partial charge in [0, 0.05) is 17.7 Å². The molecule has 4 aromatic heterocycles. The Kier molecular flexibility index (Phi) is 10.1. The molecule has 0 spiro atoms. The molecule has 0 radical (unpaired) electrons. The van der Waals surface area contributed by atoms with E-state index in [0.29, 0.717) is 33.9 Å². The first-order chi connectivity index (χ1) is 30.6. The molecule has 302 valence electrons. The van der Waals surface area contributed by atoms with E-state index in [4.69, 9.17) is 19.9 Å². The predicted octanol–water partition coefficient (Wildman–Crippen LogP) is 11.6. The van der Waals surface area contributed by atoms with E-state index in [-0.39, 0.29) is 22.2 Å². The summed E-state index contributed by atoms with van der Waals surface area (Å²) >= 11 is 0. The number of hydrogen-bond donors (Lipinski definition) is 0. The van der Waals surface area contributed by atoms with Gasteiger partial charge in [-0.15, -0.1) is 27.2 Å². The zero-order valence-corrected chi connectivity index (χ0v) is 34.2.